The van der Waals surface area contributed by atoms with E-state index in [9.17, 15) is 18.4 Å². The van der Waals surface area contributed by atoms with Crippen LogP contribution in [0.2, 0.25) is 0 Å². The van der Waals surface area contributed by atoms with Crippen molar-refractivity contribution in [3.8, 4) is 0 Å². The quantitative estimate of drug-likeness (QED) is 0.861. The molecule has 21 heavy (non-hydrogen) atoms. The zero-order valence-corrected chi connectivity index (χ0v) is 11.9. The van der Waals surface area contributed by atoms with Gasteiger partial charge in [0.1, 0.15) is 0 Å². The Balaban J connectivity index is 1.91. The van der Waals surface area contributed by atoms with Crippen LogP contribution in [0.3, 0.4) is 0 Å². The van der Waals surface area contributed by atoms with Gasteiger partial charge >= 0.3 is 0 Å². The fourth-order valence-electron chi connectivity index (χ4n) is 2.39. The van der Waals surface area contributed by atoms with Crippen LogP contribution in [0.1, 0.15) is 30.1 Å². The molecule has 0 bridgehead atoms. The van der Waals surface area contributed by atoms with Gasteiger partial charge in [0.2, 0.25) is 5.91 Å². The van der Waals surface area contributed by atoms with Gasteiger partial charge in [0, 0.05) is 44.1 Å². The molecule has 1 aromatic carbocycles. The van der Waals surface area contributed by atoms with Gasteiger partial charge in [-0.2, -0.15) is 0 Å². The van der Waals surface area contributed by atoms with Crippen LogP contribution in [0.4, 0.5) is 8.78 Å². The molecule has 2 rings (SSSR count). The van der Waals surface area contributed by atoms with Crippen LogP contribution < -0.4 is 5.32 Å². The SMILES string of the molecule is CC1CNCCN1C(=O)CCC(=O)c1ccc(F)c(F)c1. The van der Waals surface area contributed by atoms with E-state index in [0.29, 0.717) is 6.54 Å². The largest absolute Gasteiger partial charge is 0.337 e. The summed E-state index contributed by atoms with van der Waals surface area (Å²) in [6.45, 7) is 4.05. The van der Waals surface area contributed by atoms with Crippen molar-refractivity contribution in [1.82, 2.24) is 10.2 Å². The second-order valence-corrected chi connectivity index (χ2v) is 5.19. The van der Waals surface area contributed by atoms with Gasteiger partial charge in [-0.3, -0.25) is 9.59 Å². The zero-order valence-electron chi connectivity index (χ0n) is 11.9. The molecule has 1 fully saturated rings. The molecule has 0 radical (unpaired) electrons. The minimum absolute atomic E-state index is 0.000550. The summed E-state index contributed by atoms with van der Waals surface area (Å²) < 4.78 is 25.9. The number of amides is 1. The normalized spacial score (nSPS) is 18.6. The molecule has 0 spiro atoms. The van der Waals surface area contributed by atoms with Crippen LogP contribution in [0, 0.1) is 11.6 Å². The Labute approximate surface area is 122 Å². The Bertz CT molecular complexity index is 548. The van der Waals surface area contributed by atoms with Gasteiger partial charge < -0.3 is 10.2 Å². The van der Waals surface area contributed by atoms with Crippen molar-refractivity contribution >= 4 is 11.7 Å². The topological polar surface area (TPSA) is 49.4 Å². The van der Waals surface area contributed by atoms with Crippen LogP contribution in [-0.4, -0.2) is 42.3 Å². The van der Waals surface area contributed by atoms with E-state index in [0.717, 1.165) is 25.2 Å². The fraction of sp³-hybridized carbons (Fsp3) is 0.467. The zero-order chi connectivity index (χ0) is 15.4. The predicted molar refractivity (Wildman–Crippen MR) is 74.0 cm³/mol. The van der Waals surface area contributed by atoms with E-state index in [4.69, 9.17) is 0 Å². The molecule has 4 nitrogen and oxygen atoms in total. The molecule has 0 saturated carbocycles. The van der Waals surface area contributed by atoms with Crippen LogP contribution in [0.15, 0.2) is 18.2 Å². The first-order chi connectivity index (χ1) is 9.99. The molecule has 1 atom stereocenters. The predicted octanol–water partition coefficient (Wildman–Crippen LogP) is 1.75. The summed E-state index contributed by atoms with van der Waals surface area (Å²) in [7, 11) is 0. The van der Waals surface area contributed by atoms with E-state index < -0.39 is 11.6 Å². The maximum atomic E-state index is 13.1. The first-order valence-electron chi connectivity index (χ1n) is 6.97. The third kappa shape index (κ3) is 3.85. The molecule has 1 saturated heterocycles. The Morgan fingerprint density at radius 1 is 1.29 bits per heavy atom. The number of carbonyl (C=O) groups excluding carboxylic acids is 2. The summed E-state index contributed by atoms with van der Waals surface area (Å²) in [5, 5.41) is 3.18. The molecule has 1 aromatic rings. The number of halogens is 2. The molecular formula is C15H18F2N2O2. The number of carbonyl (C=O) groups is 2. The summed E-state index contributed by atoms with van der Waals surface area (Å²) in [5.74, 6) is -2.48. The van der Waals surface area contributed by atoms with Crippen molar-refractivity contribution < 1.29 is 18.4 Å². The molecule has 1 heterocycles. The van der Waals surface area contributed by atoms with Crippen LogP contribution >= 0.6 is 0 Å². The highest BCUT2D eigenvalue weighted by molar-refractivity contribution is 5.98. The molecule has 6 heteroatoms. The Morgan fingerprint density at radius 3 is 2.71 bits per heavy atom. The third-order valence-corrected chi connectivity index (χ3v) is 3.63. The number of hydrogen-bond acceptors (Lipinski definition) is 3. The third-order valence-electron chi connectivity index (χ3n) is 3.63. The molecule has 1 amide bonds. The summed E-state index contributed by atoms with van der Waals surface area (Å²) in [6, 6.07) is 3.13. The van der Waals surface area contributed by atoms with Gasteiger partial charge in [0.25, 0.3) is 0 Å². The summed E-state index contributed by atoms with van der Waals surface area (Å²) in [4.78, 5) is 25.7. The maximum absolute atomic E-state index is 13.1. The van der Waals surface area contributed by atoms with Gasteiger partial charge in [0.15, 0.2) is 17.4 Å². The number of piperazine rings is 1. The molecule has 114 valence electrons. The Morgan fingerprint density at radius 2 is 2.05 bits per heavy atom. The average molecular weight is 296 g/mol. The van der Waals surface area contributed by atoms with Crippen LogP contribution in [0.5, 0.6) is 0 Å². The van der Waals surface area contributed by atoms with Crippen molar-refractivity contribution in [3.63, 3.8) is 0 Å². The van der Waals surface area contributed by atoms with Gasteiger partial charge in [-0.25, -0.2) is 8.78 Å². The molecule has 0 aromatic heterocycles. The van der Waals surface area contributed by atoms with E-state index in [1.807, 2.05) is 6.92 Å². The number of rotatable bonds is 4. The molecular weight excluding hydrogens is 278 g/mol. The lowest BCUT2D eigenvalue weighted by Gasteiger charge is -2.34. The summed E-state index contributed by atoms with van der Waals surface area (Å²) in [6.07, 6.45) is 0.0860. The highest BCUT2D eigenvalue weighted by Crippen LogP contribution is 2.13. The molecule has 1 N–H and O–H groups in total. The van der Waals surface area contributed by atoms with Crippen molar-refractivity contribution in [2.24, 2.45) is 0 Å². The first kappa shape index (κ1) is 15.6. The molecule has 1 unspecified atom stereocenters. The van der Waals surface area contributed by atoms with Gasteiger partial charge in [-0.05, 0) is 25.1 Å². The van der Waals surface area contributed by atoms with Crippen LogP contribution in [-0.2, 0) is 4.79 Å². The van der Waals surface area contributed by atoms with Gasteiger partial charge in [0.05, 0.1) is 0 Å². The van der Waals surface area contributed by atoms with Crippen molar-refractivity contribution in [2.75, 3.05) is 19.6 Å². The molecule has 1 aliphatic heterocycles. The Hall–Kier alpha value is -1.82. The van der Waals surface area contributed by atoms with Crippen molar-refractivity contribution in [3.05, 3.63) is 35.4 Å². The monoisotopic (exact) mass is 296 g/mol. The number of Topliss-reactive ketones (excluding diaryl/α,β-unsaturated/α-hetero) is 1. The smallest absolute Gasteiger partial charge is 0.223 e. The van der Waals surface area contributed by atoms with Gasteiger partial charge in [-0.1, -0.05) is 0 Å². The highest BCUT2D eigenvalue weighted by Gasteiger charge is 2.23. The van der Waals surface area contributed by atoms with E-state index >= 15 is 0 Å². The minimum Gasteiger partial charge on any atom is -0.337 e. The van der Waals surface area contributed by atoms with Crippen molar-refractivity contribution in [2.45, 2.75) is 25.8 Å². The Kier molecular flexibility index (Phi) is 5.01. The van der Waals surface area contributed by atoms with Crippen molar-refractivity contribution in [1.29, 1.82) is 0 Å². The fourth-order valence-corrected chi connectivity index (χ4v) is 2.39. The average Bonchev–Trinajstić information content (AvgIpc) is 2.47. The minimum atomic E-state index is -1.05. The lowest BCUT2D eigenvalue weighted by atomic mass is 10.1. The maximum Gasteiger partial charge on any atom is 0.223 e. The number of nitrogens with one attached hydrogen (secondary N) is 1. The number of nitrogens with zero attached hydrogens (tertiary/aromatic N) is 1. The summed E-state index contributed by atoms with van der Waals surface area (Å²) >= 11 is 0. The van der Waals surface area contributed by atoms with E-state index in [1.165, 1.54) is 6.07 Å². The number of ketones is 1. The first-order valence-corrected chi connectivity index (χ1v) is 6.97. The van der Waals surface area contributed by atoms with E-state index in [-0.39, 0.29) is 36.1 Å². The summed E-state index contributed by atoms with van der Waals surface area (Å²) in [5.41, 5.74) is 0.0926. The van der Waals surface area contributed by atoms with Crippen LogP contribution in [0.25, 0.3) is 0 Å². The second kappa shape index (κ2) is 6.76. The number of hydrogen-bond donors (Lipinski definition) is 1. The standard InChI is InChI=1S/C15H18F2N2O2/c1-10-9-18-6-7-19(10)15(21)5-4-14(20)11-2-3-12(16)13(17)8-11/h2-3,8,10,18H,4-7,9H2,1H3. The second-order valence-electron chi connectivity index (χ2n) is 5.19. The number of benzene rings is 1. The molecule has 1 aliphatic rings. The molecule has 0 aliphatic carbocycles. The van der Waals surface area contributed by atoms with Gasteiger partial charge in [-0.15, -0.1) is 0 Å². The highest BCUT2D eigenvalue weighted by atomic mass is 19.2. The lowest BCUT2D eigenvalue weighted by molar-refractivity contribution is -0.133. The van der Waals surface area contributed by atoms with E-state index in [1.54, 1.807) is 4.90 Å². The lowest BCUT2D eigenvalue weighted by Crippen LogP contribution is -2.52. The van der Waals surface area contributed by atoms with E-state index in [2.05, 4.69) is 5.32 Å².